The van der Waals surface area contributed by atoms with E-state index < -0.39 is 25.0 Å². The predicted octanol–water partition coefficient (Wildman–Crippen LogP) is 3.34. The van der Waals surface area contributed by atoms with Gasteiger partial charge in [0.1, 0.15) is 22.8 Å². The summed E-state index contributed by atoms with van der Waals surface area (Å²) in [5.41, 5.74) is -0.0463. The summed E-state index contributed by atoms with van der Waals surface area (Å²) in [4.78, 5) is 24.4. The Bertz CT molecular complexity index is 791. The lowest BCUT2D eigenvalue weighted by atomic mass is 10.1. The standard InChI is InChI=1S/C18H16F2O6/c1-23-11-7-8-15(24-2)13(9-11)14(21)10-25-17(22)12-5-3-4-6-16(12)26-18(19)20/h3-9,18H,10H2,1-2H3. The van der Waals surface area contributed by atoms with E-state index in [0.717, 1.165) is 0 Å². The Morgan fingerprint density at radius 3 is 2.35 bits per heavy atom. The Morgan fingerprint density at radius 1 is 0.962 bits per heavy atom. The molecule has 0 N–H and O–H groups in total. The van der Waals surface area contributed by atoms with Gasteiger partial charge in [-0.15, -0.1) is 0 Å². The molecule has 0 unspecified atom stereocenters. The number of rotatable bonds is 8. The smallest absolute Gasteiger partial charge is 0.387 e. The lowest BCUT2D eigenvalue weighted by molar-refractivity contribution is -0.0504. The number of methoxy groups -OCH3 is 2. The van der Waals surface area contributed by atoms with E-state index >= 15 is 0 Å². The third-order valence-corrected chi connectivity index (χ3v) is 3.36. The molecule has 2 rings (SSSR count). The Kier molecular flexibility index (Phi) is 6.48. The second kappa shape index (κ2) is 8.80. The molecular formula is C18H16F2O6. The molecule has 2 aromatic rings. The molecule has 0 radical (unpaired) electrons. The van der Waals surface area contributed by atoms with E-state index in [1.54, 1.807) is 12.1 Å². The van der Waals surface area contributed by atoms with Gasteiger partial charge in [0.2, 0.25) is 5.78 Å². The van der Waals surface area contributed by atoms with Crippen molar-refractivity contribution in [3.05, 3.63) is 53.6 Å². The highest BCUT2D eigenvalue weighted by Gasteiger charge is 2.20. The van der Waals surface area contributed by atoms with Gasteiger partial charge < -0.3 is 18.9 Å². The van der Waals surface area contributed by atoms with Crippen LogP contribution < -0.4 is 14.2 Å². The molecule has 0 aliphatic carbocycles. The molecule has 8 heteroatoms. The maximum absolute atomic E-state index is 12.4. The van der Waals surface area contributed by atoms with Crippen LogP contribution in [0.15, 0.2) is 42.5 Å². The SMILES string of the molecule is COc1ccc(OC)c(C(=O)COC(=O)c2ccccc2OC(F)F)c1. The van der Waals surface area contributed by atoms with Gasteiger partial charge in [0.25, 0.3) is 0 Å². The molecule has 0 atom stereocenters. The van der Waals surface area contributed by atoms with Crippen molar-refractivity contribution >= 4 is 11.8 Å². The molecule has 138 valence electrons. The van der Waals surface area contributed by atoms with Crippen LogP contribution in [0.25, 0.3) is 0 Å². The second-order valence-corrected chi connectivity index (χ2v) is 4.94. The first-order valence-electron chi connectivity index (χ1n) is 7.42. The normalized spacial score (nSPS) is 10.3. The summed E-state index contributed by atoms with van der Waals surface area (Å²) in [6, 6.07) is 9.96. The van der Waals surface area contributed by atoms with Crippen LogP contribution in [0, 0.1) is 0 Å². The highest BCUT2D eigenvalue weighted by molar-refractivity contribution is 6.02. The van der Waals surface area contributed by atoms with Crippen LogP contribution in [0.2, 0.25) is 0 Å². The van der Waals surface area contributed by atoms with Crippen molar-refractivity contribution in [2.24, 2.45) is 0 Å². The fourth-order valence-corrected chi connectivity index (χ4v) is 2.15. The van der Waals surface area contributed by atoms with E-state index in [9.17, 15) is 18.4 Å². The van der Waals surface area contributed by atoms with Crippen molar-refractivity contribution in [3.63, 3.8) is 0 Å². The molecular weight excluding hydrogens is 350 g/mol. The Morgan fingerprint density at radius 2 is 1.69 bits per heavy atom. The Labute approximate surface area is 148 Å². The monoisotopic (exact) mass is 366 g/mol. The number of hydrogen-bond acceptors (Lipinski definition) is 6. The average Bonchev–Trinajstić information content (AvgIpc) is 2.65. The summed E-state index contributed by atoms with van der Waals surface area (Å²) < 4.78 is 44.1. The van der Waals surface area contributed by atoms with Gasteiger partial charge >= 0.3 is 12.6 Å². The summed E-state index contributed by atoms with van der Waals surface area (Å²) in [5, 5.41) is 0. The van der Waals surface area contributed by atoms with Crippen molar-refractivity contribution in [3.8, 4) is 17.2 Å². The highest BCUT2D eigenvalue weighted by Crippen LogP contribution is 2.25. The molecule has 0 fully saturated rings. The first-order chi connectivity index (χ1) is 12.5. The molecule has 0 saturated carbocycles. The van der Waals surface area contributed by atoms with Gasteiger partial charge in [-0.2, -0.15) is 8.78 Å². The van der Waals surface area contributed by atoms with E-state index in [4.69, 9.17) is 14.2 Å². The number of hydrogen-bond donors (Lipinski definition) is 0. The summed E-state index contributed by atoms with van der Waals surface area (Å²) in [6.45, 7) is -3.70. The zero-order valence-corrected chi connectivity index (χ0v) is 14.0. The number of alkyl halides is 2. The molecule has 0 saturated heterocycles. The first-order valence-corrected chi connectivity index (χ1v) is 7.42. The van der Waals surface area contributed by atoms with E-state index in [0.29, 0.717) is 5.75 Å². The highest BCUT2D eigenvalue weighted by atomic mass is 19.3. The van der Waals surface area contributed by atoms with Gasteiger partial charge in [0, 0.05) is 0 Å². The van der Waals surface area contributed by atoms with Gasteiger partial charge in [-0.1, -0.05) is 12.1 Å². The van der Waals surface area contributed by atoms with Gasteiger partial charge in [0.15, 0.2) is 6.61 Å². The minimum atomic E-state index is -3.09. The zero-order chi connectivity index (χ0) is 19.1. The van der Waals surface area contributed by atoms with Crippen LogP contribution in [-0.2, 0) is 4.74 Å². The van der Waals surface area contributed by atoms with E-state index in [1.807, 2.05) is 0 Å². The molecule has 6 nitrogen and oxygen atoms in total. The van der Waals surface area contributed by atoms with Crippen molar-refractivity contribution in [2.75, 3.05) is 20.8 Å². The fraction of sp³-hybridized carbons (Fsp3) is 0.222. The van der Waals surface area contributed by atoms with Gasteiger partial charge in [0.05, 0.1) is 19.8 Å². The van der Waals surface area contributed by atoms with E-state index in [1.165, 1.54) is 44.6 Å². The number of ketones is 1. The van der Waals surface area contributed by atoms with Crippen LogP contribution in [0.1, 0.15) is 20.7 Å². The molecule has 0 aromatic heterocycles. The topological polar surface area (TPSA) is 71.1 Å². The van der Waals surface area contributed by atoms with Gasteiger partial charge in [-0.05, 0) is 30.3 Å². The zero-order valence-electron chi connectivity index (χ0n) is 14.0. The minimum Gasteiger partial charge on any atom is -0.497 e. The minimum absolute atomic E-state index is 0.164. The number of para-hydroxylation sites is 1. The third kappa shape index (κ3) is 4.69. The number of ether oxygens (including phenoxy) is 4. The number of esters is 1. The Hall–Kier alpha value is -3.16. The van der Waals surface area contributed by atoms with Crippen molar-refractivity contribution in [1.29, 1.82) is 0 Å². The second-order valence-electron chi connectivity index (χ2n) is 4.94. The summed E-state index contributed by atoms with van der Waals surface area (Å²) in [5.74, 6) is -1.12. The van der Waals surface area contributed by atoms with Crippen LogP contribution in [0.5, 0.6) is 17.2 Å². The molecule has 0 aliphatic rings. The summed E-state index contributed by atoms with van der Waals surface area (Å²) in [6.07, 6.45) is 0. The molecule has 0 amide bonds. The van der Waals surface area contributed by atoms with Crippen LogP contribution >= 0.6 is 0 Å². The number of carbonyl (C=O) groups is 2. The first kappa shape index (κ1) is 19.2. The number of benzene rings is 2. The molecule has 0 aliphatic heterocycles. The predicted molar refractivity (Wildman–Crippen MR) is 87.2 cm³/mol. The quantitative estimate of drug-likeness (QED) is 0.527. The van der Waals surface area contributed by atoms with Crippen molar-refractivity contribution in [2.45, 2.75) is 6.61 Å². The molecule has 0 bridgehead atoms. The van der Waals surface area contributed by atoms with Crippen molar-refractivity contribution in [1.82, 2.24) is 0 Å². The van der Waals surface area contributed by atoms with Gasteiger partial charge in [-0.3, -0.25) is 4.79 Å². The average molecular weight is 366 g/mol. The lowest BCUT2D eigenvalue weighted by Crippen LogP contribution is -2.16. The summed E-state index contributed by atoms with van der Waals surface area (Å²) >= 11 is 0. The maximum atomic E-state index is 12.4. The Balaban J connectivity index is 2.12. The van der Waals surface area contributed by atoms with Crippen molar-refractivity contribution < 1.29 is 37.3 Å². The van der Waals surface area contributed by atoms with Crippen LogP contribution in [0.3, 0.4) is 0 Å². The maximum Gasteiger partial charge on any atom is 0.387 e. The van der Waals surface area contributed by atoms with E-state index in [2.05, 4.69) is 4.74 Å². The van der Waals surface area contributed by atoms with E-state index in [-0.39, 0.29) is 22.6 Å². The largest absolute Gasteiger partial charge is 0.497 e. The van der Waals surface area contributed by atoms with Gasteiger partial charge in [-0.25, -0.2) is 4.79 Å². The molecule has 0 heterocycles. The lowest BCUT2D eigenvalue weighted by Gasteiger charge is -2.11. The molecule has 26 heavy (non-hydrogen) atoms. The summed E-state index contributed by atoms with van der Waals surface area (Å²) in [7, 11) is 2.83. The molecule has 2 aromatic carbocycles. The fourth-order valence-electron chi connectivity index (χ4n) is 2.15. The number of Topliss-reactive ketones (excluding diaryl/α,β-unsaturated/α-hetero) is 1. The number of halogens is 2. The number of carbonyl (C=O) groups excluding carboxylic acids is 2. The van der Waals surface area contributed by atoms with Crippen LogP contribution in [0.4, 0.5) is 8.78 Å². The van der Waals surface area contributed by atoms with Crippen LogP contribution in [-0.4, -0.2) is 39.2 Å². The third-order valence-electron chi connectivity index (χ3n) is 3.36. The molecule has 0 spiro atoms.